The van der Waals surface area contributed by atoms with Crippen molar-refractivity contribution in [1.82, 2.24) is 19.1 Å². The highest BCUT2D eigenvalue weighted by molar-refractivity contribution is 7.51. The van der Waals surface area contributed by atoms with E-state index >= 15 is 0 Å². The lowest BCUT2D eigenvalue weighted by Crippen LogP contribution is -2.33. The number of ether oxygens (including phenoxy) is 2. The van der Waals surface area contributed by atoms with Crippen LogP contribution >= 0.6 is 7.75 Å². The standard InChI is InChI=1S/C20H26N11O9P/c1-9-5-30(19(34)24-17(9)32)15-3-11(26-28-21)13(39-15)7-37-41(23,36)38-8-14-12(27-29-22)4-16(40-14)31-6-10(2)18(33)25-20(31)35/h5-6,11-16H,3-4,7-8H2,1-2H3,(H2,23,36)(H,24,32,34)(H,25,33,35). The van der Waals surface area contributed by atoms with Crippen LogP contribution in [0.2, 0.25) is 0 Å². The molecule has 4 heterocycles. The van der Waals surface area contributed by atoms with Gasteiger partial charge < -0.3 is 9.47 Å². The Labute approximate surface area is 228 Å². The summed E-state index contributed by atoms with van der Waals surface area (Å²) in [6.07, 6.45) is -1.10. The molecule has 6 unspecified atom stereocenters. The fraction of sp³-hybridized carbons (Fsp3) is 0.600. The predicted molar refractivity (Wildman–Crippen MR) is 139 cm³/mol. The third-order valence-electron chi connectivity index (χ3n) is 6.56. The van der Waals surface area contributed by atoms with Gasteiger partial charge in [-0.1, -0.05) is 10.2 Å². The van der Waals surface area contributed by atoms with Gasteiger partial charge in [0, 0.05) is 46.2 Å². The van der Waals surface area contributed by atoms with Crippen molar-refractivity contribution in [2.45, 2.75) is 63.4 Å². The summed E-state index contributed by atoms with van der Waals surface area (Å²) >= 11 is 0. The molecule has 0 amide bonds. The van der Waals surface area contributed by atoms with Gasteiger partial charge >= 0.3 is 19.1 Å². The Kier molecular flexibility index (Phi) is 8.96. The average molecular weight is 595 g/mol. The number of nitrogens with zero attached hydrogens (tertiary/aromatic N) is 8. The largest absolute Gasteiger partial charge is 0.403 e. The van der Waals surface area contributed by atoms with Crippen LogP contribution in [0.4, 0.5) is 0 Å². The lowest BCUT2D eigenvalue weighted by atomic mass is 10.1. The third kappa shape index (κ3) is 6.84. The van der Waals surface area contributed by atoms with E-state index in [2.05, 4.69) is 30.0 Å². The topological polar surface area (TPSA) is 287 Å². The summed E-state index contributed by atoms with van der Waals surface area (Å²) in [5.41, 5.74) is 21.5. The molecule has 20 nitrogen and oxygen atoms in total. The molecule has 4 N–H and O–H groups in total. The number of hydrogen-bond donors (Lipinski definition) is 3. The number of azide groups is 2. The van der Waals surface area contributed by atoms with E-state index in [0.29, 0.717) is 0 Å². The zero-order valence-corrected chi connectivity index (χ0v) is 22.6. The Hall–Kier alpha value is -3.99. The van der Waals surface area contributed by atoms with E-state index in [1.807, 2.05) is 0 Å². The number of aromatic amines is 2. The Morgan fingerprint density at radius 1 is 0.902 bits per heavy atom. The van der Waals surface area contributed by atoms with Gasteiger partial charge in [0.25, 0.3) is 11.1 Å². The van der Waals surface area contributed by atoms with Crippen molar-refractivity contribution in [2.75, 3.05) is 13.2 Å². The number of aryl methyl sites for hydroxylation is 2. The fourth-order valence-corrected chi connectivity index (χ4v) is 5.22. The maximum Gasteiger partial charge on any atom is 0.403 e. The van der Waals surface area contributed by atoms with Gasteiger partial charge in [-0.3, -0.25) is 37.7 Å². The SMILES string of the molecule is Cc1cn(C2CC(N=[N+]=[N-])C(COP(N)(=O)OCC3OC(n4cc(C)c(=O)[nH]c4=O)CC3N=[N+]=[N-])O2)c(=O)[nH]c1=O. The molecule has 0 radical (unpaired) electrons. The van der Waals surface area contributed by atoms with Crippen molar-refractivity contribution >= 4 is 7.75 Å². The zero-order chi connectivity index (χ0) is 29.9. The number of rotatable bonds is 10. The molecular weight excluding hydrogens is 569 g/mol. The van der Waals surface area contributed by atoms with Crippen molar-refractivity contribution in [3.63, 3.8) is 0 Å². The molecule has 0 aromatic carbocycles. The summed E-state index contributed by atoms with van der Waals surface area (Å²) in [5, 5.41) is 7.29. The first-order valence-corrected chi connectivity index (χ1v) is 13.7. The van der Waals surface area contributed by atoms with Crippen molar-refractivity contribution in [3.05, 3.63) is 86.1 Å². The van der Waals surface area contributed by atoms with Crippen LogP contribution in [0.15, 0.2) is 41.8 Å². The van der Waals surface area contributed by atoms with E-state index in [9.17, 15) is 23.7 Å². The molecular formula is C20H26N11O9P. The molecule has 4 rings (SSSR count). The molecule has 6 atom stereocenters. The summed E-state index contributed by atoms with van der Waals surface area (Å²) in [6.45, 7) is 2.09. The maximum atomic E-state index is 12.9. The van der Waals surface area contributed by atoms with Crippen molar-refractivity contribution in [2.24, 2.45) is 15.7 Å². The summed E-state index contributed by atoms with van der Waals surface area (Å²) in [5.74, 6) is 0. The number of H-pyrrole nitrogens is 2. The van der Waals surface area contributed by atoms with Gasteiger partial charge in [0.1, 0.15) is 12.5 Å². The highest BCUT2D eigenvalue weighted by Crippen LogP contribution is 2.42. The van der Waals surface area contributed by atoms with Crippen LogP contribution in [0.1, 0.15) is 36.4 Å². The highest BCUT2D eigenvalue weighted by Gasteiger charge is 2.40. The molecule has 0 spiro atoms. The molecule has 2 saturated heterocycles. The Morgan fingerprint density at radius 2 is 1.29 bits per heavy atom. The molecule has 2 aromatic rings. The molecule has 0 bridgehead atoms. The Balaban J connectivity index is 1.40. The first-order valence-electron chi connectivity index (χ1n) is 12.1. The van der Waals surface area contributed by atoms with Gasteiger partial charge in [0.15, 0.2) is 0 Å². The Morgan fingerprint density at radius 3 is 1.66 bits per heavy atom. The number of nitrogens with two attached hydrogens (primary N) is 1. The molecule has 21 heteroatoms. The Bertz CT molecular complexity index is 1570. The normalized spacial score (nSPS) is 27.1. The molecule has 41 heavy (non-hydrogen) atoms. The van der Waals surface area contributed by atoms with Gasteiger partial charge in [-0.2, -0.15) is 0 Å². The molecule has 220 valence electrons. The summed E-state index contributed by atoms with van der Waals surface area (Å²) < 4.78 is 37.2. The predicted octanol–water partition coefficient (Wildman–Crippen LogP) is 0.736. The van der Waals surface area contributed by atoms with Crippen molar-refractivity contribution < 1.29 is 23.1 Å². The summed E-state index contributed by atoms with van der Waals surface area (Å²) in [4.78, 5) is 57.7. The first-order chi connectivity index (χ1) is 19.4. The van der Waals surface area contributed by atoms with Crippen LogP contribution in [0.5, 0.6) is 0 Å². The van der Waals surface area contributed by atoms with E-state index in [1.54, 1.807) is 0 Å². The quantitative estimate of drug-likeness (QED) is 0.150. The van der Waals surface area contributed by atoms with Crippen LogP contribution in [0, 0.1) is 13.8 Å². The summed E-state index contributed by atoms with van der Waals surface area (Å²) in [6, 6.07) is -1.67. The van der Waals surface area contributed by atoms with Gasteiger partial charge in [-0.15, -0.1) is 0 Å². The van der Waals surface area contributed by atoms with E-state index in [-0.39, 0.29) is 24.0 Å². The van der Waals surface area contributed by atoms with Crippen molar-refractivity contribution in [3.8, 4) is 0 Å². The summed E-state index contributed by atoms with van der Waals surface area (Å²) in [7, 11) is -4.28. The molecule has 2 aromatic heterocycles. The lowest BCUT2D eigenvalue weighted by Gasteiger charge is -2.21. The van der Waals surface area contributed by atoms with E-state index in [0.717, 1.165) is 9.13 Å². The number of nitrogens with one attached hydrogen (secondary N) is 2. The minimum absolute atomic E-state index is 0.0496. The monoisotopic (exact) mass is 595 g/mol. The molecule has 2 aliphatic heterocycles. The minimum Gasteiger partial charge on any atom is -0.352 e. The molecule has 2 fully saturated rings. The van der Waals surface area contributed by atoms with Crippen LogP contribution in [-0.2, 0) is 23.1 Å². The average Bonchev–Trinajstić information content (AvgIpc) is 3.50. The third-order valence-corrected chi connectivity index (χ3v) is 7.58. The van der Waals surface area contributed by atoms with Gasteiger partial charge in [0.2, 0.25) is 0 Å². The second-order valence-electron chi connectivity index (χ2n) is 9.36. The van der Waals surface area contributed by atoms with Crippen molar-refractivity contribution in [1.29, 1.82) is 0 Å². The van der Waals surface area contributed by atoms with E-state index in [1.165, 1.54) is 26.2 Å². The van der Waals surface area contributed by atoms with Crippen LogP contribution in [-0.4, -0.2) is 56.6 Å². The second kappa shape index (κ2) is 12.3. The second-order valence-corrected chi connectivity index (χ2v) is 11.0. The number of hydrogen-bond acceptors (Lipinski definition) is 11. The zero-order valence-electron chi connectivity index (χ0n) is 21.7. The fourth-order valence-electron chi connectivity index (χ4n) is 4.44. The van der Waals surface area contributed by atoms with Crippen LogP contribution in [0.3, 0.4) is 0 Å². The smallest absolute Gasteiger partial charge is 0.352 e. The van der Waals surface area contributed by atoms with Gasteiger partial charge in [-0.05, 0) is 24.9 Å². The molecule has 2 aliphatic rings. The lowest BCUT2D eigenvalue weighted by molar-refractivity contribution is -0.0345. The molecule has 0 saturated carbocycles. The van der Waals surface area contributed by atoms with Crippen LogP contribution < -0.4 is 28.0 Å². The van der Waals surface area contributed by atoms with E-state index < -0.39 is 80.2 Å². The minimum atomic E-state index is -4.28. The van der Waals surface area contributed by atoms with Crippen LogP contribution in [0.25, 0.3) is 20.9 Å². The van der Waals surface area contributed by atoms with E-state index in [4.69, 9.17) is 35.1 Å². The highest BCUT2D eigenvalue weighted by atomic mass is 31.2. The van der Waals surface area contributed by atoms with Gasteiger partial charge in [0.05, 0.1) is 37.5 Å². The van der Waals surface area contributed by atoms with Gasteiger partial charge in [-0.25, -0.2) is 19.7 Å². The molecule has 0 aliphatic carbocycles. The first kappa shape index (κ1) is 30.0. The number of aromatic nitrogens is 4. The maximum absolute atomic E-state index is 12.9.